The average Bonchev–Trinajstić information content (AvgIpc) is 3.00. The van der Waals surface area contributed by atoms with Gasteiger partial charge in [-0.15, -0.1) is 0 Å². The van der Waals surface area contributed by atoms with E-state index in [1.807, 2.05) is 60.7 Å². The van der Waals surface area contributed by atoms with Crippen molar-refractivity contribution in [1.82, 2.24) is 9.97 Å². The predicted molar refractivity (Wildman–Crippen MR) is 76.2 cm³/mol. The molecule has 2 aromatic rings. The van der Waals surface area contributed by atoms with Gasteiger partial charge in [0.1, 0.15) is 5.71 Å². The summed E-state index contributed by atoms with van der Waals surface area (Å²) in [4.78, 5) is 13.5. The summed E-state index contributed by atoms with van der Waals surface area (Å²) >= 11 is 0. The molecule has 2 aromatic heterocycles. The van der Waals surface area contributed by atoms with Gasteiger partial charge >= 0.3 is 0 Å². The van der Waals surface area contributed by atoms with Crippen molar-refractivity contribution < 1.29 is 0 Å². The Kier molecular flexibility index (Phi) is 3.28. The third-order valence-electron chi connectivity index (χ3n) is 2.82. The zero-order valence-corrected chi connectivity index (χ0v) is 10.3. The van der Waals surface area contributed by atoms with Gasteiger partial charge in [-0.25, -0.2) is 0 Å². The summed E-state index contributed by atoms with van der Waals surface area (Å²) < 4.78 is 0. The molecule has 1 aliphatic carbocycles. The molecular formula is C16H13N3. The van der Waals surface area contributed by atoms with Crippen LogP contribution in [0.2, 0.25) is 0 Å². The first kappa shape index (κ1) is 11.5. The highest BCUT2D eigenvalue weighted by Crippen LogP contribution is 2.11. The minimum absolute atomic E-state index is 0.0685. The van der Waals surface area contributed by atoms with E-state index in [-0.39, 0.29) is 6.04 Å². The lowest BCUT2D eigenvalue weighted by Crippen LogP contribution is -2.10. The number of pyridine rings is 2. The molecule has 2 heterocycles. The van der Waals surface area contributed by atoms with Gasteiger partial charge in [0.2, 0.25) is 0 Å². The molecule has 0 saturated carbocycles. The Hall–Kier alpha value is -2.55. The molecule has 0 bridgehead atoms. The number of hydrogen-bond donors (Lipinski definition) is 0. The minimum atomic E-state index is 0.0685. The van der Waals surface area contributed by atoms with Crippen LogP contribution in [0.5, 0.6) is 0 Å². The molecule has 0 amide bonds. The van der Waals surface area contributed by atoms with Crippen molar-refractivity contribution in [3.63, 3.8) is 0 Å². The van der Waals surface area contributed by atoms with Crippen LogP contribution in [-0.4, -0.2) is 21.7 Å². The Balaban J connectivity index is 2.06. The van der Waals surface area contributed by atoms with Crippen molar-refractivity contribution in [3.8, 4) is 0 Å². The molecule has 0 atom stereocenters. The summed E-state index contributed by atoms with van der Waals surface area (Å²) in [5.74, 6) is 0. The van der Waals surface area contributed by atoms with Gasteiger partial charge in [0.05, 0.1) is 17.4 Å². The van der Waals surface area contributed by atoms with Gasteiger partial charge in [-0.2, -0.15) is 0 Å². The number of rotatable bonds is 3. The normalized spacial score (nSPS) is 13.7. The molecule has 0 aromatic carbocycles. The quantitative estimate of drug-likeness (QED) is 0.782. The zero-order chi connectivity index (χ0) is 12.9. The lowest BCUT2D eigenvalue weighted by Gasteiger charge is -2.07. The lowest BCUT2D eigenvalue weighted by atomic mass is 10.1. The smallest absolute Gasteiger partial charge is 0.110 e. The second-order valence-corrected chi connectivity index (χ2v) is 4.17. The van der Waals surface area contributed by atoms with Gasteiger partial charge in [-0.3, -0.25) is 15.0 Å². The van der Waals surface area contributed by atoms with Crippen molar-refractivity contribution in [2.45, 2.75) is 6.04 Å². The second-order valence-electron chi connectivity index (χ2n) is 4.17. The highest BCUT2D eigenvalue weighted by molar-refractivity contribution is 6.10. The molecular weight excluding hydrogens is 234 g/mol. The Morgan fingerprint density at radius 1 is 0.842 bits per heavy atom. The summed E-state index contributed by atoms with van der Waals surface area (Å²) in [5, 5.41) is 0. The van der Waals surface area contributed by atoms with E-state index in [0.717, 1.165) is 17.1 Å². The number of aliphatic imine (C=N–C) groups is 1. The lowest BCUT2D eigenvalue weighted by molar-refractivity contribution is 1.03. The van der Waals surface area contributed by atoms with Crippen LogP contribution in [0, 0.1) is 0 Å². The van der Waals surface area contributed by atoms with E-state index in [2.05, 4.69) is 9.97 Å². The van der Waals surface area contributed by atoms with E-state index in [0.29, 0.717) is 0 Å². The number of aromatic nitrogens is 2. The number of allylic oxidation sites excluding steroid dienone is 2. The van der Waals surface area contributed by atoms with Gasteiger partial charge in [-0.1, -0.05) is 36.4 Å². The van der Waals surface area contributed by atoms with Crippen LogP contribution in [0.1, 0.15) is 11.4 Å². The first-order valence-corrected chi connectivity index (χ1v) is 6.19. The maximum Gasteiger partial charge on any atom is 0.110 e. The van der Waals surface area contributed by atoms with Gasteiger partial charge in [-0.05, 0) is 24.3 Å². The molecule has 1 aliphatic rings. The zero-order valence-electron chi connectivity index (χ0n) is 10.3. The highest BCUT2D eigenvalue weighted by Gasteiger charge is 2.11. The Bertz CT molecular complexity index is 574. The van der Waals surface area contributed by atoms with Crippen molar-refractivity contribution in [2.75, 3.05) is 0 Å². The molecule has 3 nitrogen and oxygen atoms in total. The highest BCUT2D eigenvalue weighted by atomic mass is 14.9. The minimum Gasteiger partial charge on any atom is -0.269 e. The maximum atomic E-state index is 4.73. The molecule has 0 unspecified atom stereocenters. The Labute approximate surface area is 112 Å². The fourth-order valence-electron chi connectivity index (χ4n) is 1.92. The van der Waals surface area contributed by atoms with E-state index < -0.39 is 0 Å². The molecule has 19 heavy (non-hydrogen) atoms. The predicted octanol–water partition coefficient (Wildman–Crippen LogP) is 2.81. The molecule has 0 spiro atoms. The summed E-state index contributed by atoms with van der Waals surface area (Å²) in [5.41, 5.74) is 2.51. The van der Waals surface area contributed by atoms with E-state index in [1.54, 1.807) is 12.4 Å². The third kappa shape index (κ3) is 2.65. The molecule has 0 N–H and O–H groups in total. The topological polar surface area (TPSA) is 38.1 Å². The van der Waals surface area contributed by atoms with Crippen LogP contribution in [0.25, 0.3) is 0 Å². The van der Waals surface area contributed by atoms with Gasteiger partial charge < -0.3 is 0 Å². The van der Waals surface area contributed by atoms with Crippen molar-refractivity contribution in [1.29, 1.82) is 0 Å². The van der Waals surface area contributed by atoms with E-state index in [4.69, 9.17) is 4.99 Å². The first-order chi connectivity index (χ1) is 9.43. The van der Waals surface area contributed by atoms with Gasteiger partial charge in [0, 0.05) is 12.4 Å². The van der Waals surface area contributed by atoms with E-state index in [9.17, 15) is 0 Å². The number of nitrogens with zero attached hydrogens (tertiary/aromatic N) is 3. The summed E-state index contributed by atoms with van der Waals surface area (Å²) in [7, 11) is 0. The number of hydrogen-bond acceptors (Lipinski definition) is 3. The standard InChI is InChI=1S/C16H13N3/c1-2-8-13(7-1)19-16(14-9-3-5-11-17-14)15-10-4-6-12-18-15/h1-13H. The van der Waals surface area contributed by atoms with Crippen LogP contribution in [0.4, 0.5) is 0 Å². The van der Waals surface area contributed by atoms with Gasteiger partial charge in [0.25, 0.3) is 0 Å². The molecule has 3 rings (SSSR count). The molecule has 0 radical (unpaired) electrons. The molecule has 92 valence electrons. The molecule has 0 saturated heterocycles. The van der Waals surface area contributed by atoms with Crippen molar-refractivity contribution in [2.24, 2.45) is 4.99 Å². The molecule has 0 fully saturated rings. The van der Waals surface area contributed by atoms with Crippen LogP contribution in [0.3, 0.4) is 0 Å². The monoisotopic (exact) mass is 247 g/mol. The fraction of sp³-hybridized carbons (Fsp3) is 0.0625. The first-order valence-electron chi connectivity index (χ1n) is 6.19. The third-order valence-corrected chi connectivity index (χ3v) is 2.82. The summed E-state index contributed by atoms with van der Waals surface area (Å²) in [6, 6.07) is 11.7. The Morgan fingerprint density at radius 2 is 1.42 bits per heavy atom. The van der Waals surface area contributed by atoms with E-state index >= 15 is 0 Å². The van der Waals surface area contributed by atoms with Gasteiger partial charge in [0.15, 0.2) is 0 Å². The largest absolute Gasteiger partial charge is 0.269 e. The van der Waals surface area contributed by atoms with E-state index in [1.165, 1.54) is 0 Å². The average molecular weight is 247 g/mol. The van der Waals surface area contributed by atoms with Crippen molar-refractivity contribution in [3.05, 3.63) is 84.5 Å². The van der Waals surface area contributed by atoms with Crippen LogP contribution in [-0.2, 0) is 0 Å². The van der Waals surface area contributed by atoms with Crippen LogP contribution >= 0.6 is 0 Å². The SMILES string of the molecule is C1=CC(N=C(c2ccccn2)c2ccccn2)C=C1. The van der Waals surface area contributed by atoms with Crippen LogP contribution in [0.15, 0.2) is 78.1 Å². The maximum absolute atomic E-state index is 4.73. The molecule has 0 aliphatic heterocycles. The fourth-order valence-corrected chi connectivity index (χ4v) is 1.92. The Morgan fingerprint density at radius 3 is 1.89 bits per heavy atom. The summed E-state index contributed by atoms with van der Waals surface area (Å²) in [6.45, 7) is 0. The molecule has 3 heteroatoms. The van der Waals surface area contributed by atoms with Crippen LogP contribution < -0.4 is 0 Å². The van der Waals surface area contributed by atoms with Crippen molar-refractivity contribution >= 4 is 5.71 Å². The second kappa shape index (κ2) is 5.40. The summed E-state index contributed by atoms with van der Waals surface area (Å²) in [6.07, 6.45) is 11.6.